The smallest absolute Gasteiger partial charge is 0.228 e. The molecule has 24 heavy (non-hydrogen) atoms. The van der Waals surface area contributed by atoms with E-state index in [9.17, 15) is 4.79 Å². The van der Waals surface area contributed by atoms with E-state index in [4.69, 9.17) is 0 Å². The molecule has 3 aromatic rings. The van der Waals surface area contributed by atoms with E-state index in [1.54, 1.807) is 6.20 Å². The Bertz CT molecular complexity index is 823. The topological polar surface area (TPSA) is 66.8 Å². The Hall–Kier alpha value is -2.63. The van der Waals surface area contributed by atoms with Crippen LogP contribution in [0, 0.1) is 0 Å². The summed E-state index contributed by atoms with van der Waals surface area (Å²) in [7, 11) is 0. The number of hydrogen-bond acceptors (Lipinski definition) is 3. The zero-order chi connectivity index (χ0) is 16.4. The maximum Gasteiger partial charge on any atom is 0.228 e. The number of likely N-dealkylation sites (tertiary alicyclic amines) is 1. The quantitative estimate of drug-likeness (QED) is 0.801. The van der Waals surface area contributed by atoms with Crippen LogP contribution in [0.4, 0.5) is 0 Å². The first-order valence-corrected chi connectivity index (χ1v) is 8.50. The highest BCUT2D eigenvalue weighted by Gasteiger charge is 2.27. The second-order valence-electron chi connectivity index (χ2n) is 6.36. The number of para-hydroxylation sites is 1. The van der Waals surface area contributed by atoms with E-state index >= 15 is 0 Å². The molecule has 6 nitrogen and oxygen atoms in total. The molecule has 0 unspecified atom stereocenters. The molecule has 4 rings (SSSR count). The number of benzene rings is 1. The minimum absolute atomic E-state index is 0.168. The Morgan fingerprint density at radius 1 is 1.25 bits per heavy atom. The molecule has 1 saturated heterocycles. The molecule has 1 aromatic carbocycles. The Kier molecular flexibility index (Phi) is 4.02. The van der Waals surface area contributed by atoms with Gasteiger partial charge in [0.1, 0.15) is 0 Å². The molecule has 1 N–H and O–H groups in total. The van der Waals surface area contributed by atoms with E-state index in [0.717, 1.165) is 42.5 Å². The zero-order valence-electron chi connectivity index (χ0n) is 13.6. The molecule has 0 saturated carbocycles. The van der Waals surface area contributed by atoms with Crippen LogP contribution in [0.25, 0.3) is 10.9 Å². The van der Waals surface area contributed by atoms with Crippen molar-refractivity contribution in [2.45, 2.75) is 38.3 Å². The van der Waals surface area contributed by atoms with Crippen molar-refractivity contribution in [2.75, 3.05) is 6.54 Å². The monoisotopic (exact) mass is 323 g/mol. The van der Waals surface area contributed by atoms with Crippen molar-refractivity contribution < 1.29 is 4.79 Å². The lowest BCUT2D eigenvalue weighted by atomic mass is 10.0. The van der Waals surface area contributed by atoms with Crippen LogP contribution < -0.4 is 0 Å². The van der Waals surface area contributed by atoms with Gasteiger partial charge in [-0.2, -0.15) is 10.2 Å². The van der Waals surface area contributed by atoms with E-state index in [1.807, 2.05) is 46.1 Å². The van der Waals surface area contributed by atoms with Gasteiger partial charge in [-0.3, -0.25) is 14.6 Å². The second kappa shape index (κ2) is 6.47. The van der Waals surface area contributed by atoms with Crippen molar-refractivity contribution in [3.05, 3.63) is 48.4 Å². The standard InChI is InChI=1S/C18H21N5O/c24-18(12-17-15-7-1-2-8-16(15)20-21-17)23-11-4-3-6-14(23)13-22-10-5-9-19-22/h1-2,5,7-10,14H,3-4,6,11-13H2,(H,20,21)/t14-/m0/s1. The number of amides is 1. The summed E-state index contributed by atoms with van der Waals surface area (Å²) in [6.07, 6.45) is 7.39. The fourth-order valence-electron chi connectivity index (χ4n) is 3.54. The number of hydrogen-bond donors (Lipinski definition) is 1. The summed E-state index contributed by atoms with van der Waals surface area (Å²) in [6, 6.07) is 10.1. The summed E-state index contributed by atoms with van der Waals surface area (Å²) in [4.78, 5) is 14.9. The van der Waals surface area contributed by atoms with Gasteiger partial charge in [-0.1, -0.05) is 18.2 Å². The van der Waals surface area contributed by atoms with Crippen molar-refractivity contribution in [1.82, 2.24) is 24.9 Å². The SMILES string of the molecule is O=C(Cc1[nH]nc2ccccc12)N1CCCC[C@H]1Cn1cccn1. The van der Waals surface area contributed by atoms with Gasteiger partial charge in [-0.25, -0.2) is 0 Å². The molecule has 124 valence electrons. The highest BCUT2D eigenvalue weighted by atomic mass is 16.2. The van der Waals surface area contributed by atoms with Gasteiger partial charge < -0.3 is 4.90 Å². The minimum atomic E-state index is 0.168. The lowest BCUT2D eigenvalue weighted by Crippen LogP contribution is -2.46. The molecule has 1 amide bonds. The molecule has 0 spiro atoms. The normalized spacial score (nSPS) is 18.2. The van der Waals surface area contributed by atoms with Crippen LogP contribution in [0.2, 0.25) is 0 Å². The fourth-order valence-corrected chi connectivity index (χ4v) is 3.54. The van der Waals surface area contributed by atoms with Gasteiger partial charge in [0.25, 0.3) is 0 Å². The summed E-state index contributed by atoms with van der Waals surface area (Å²) >= 11 is 0. The third-order valence-corrected chi connectivity index (χ3v) is 4.77. The maximum atomic E-state index is 12.9. The number of fused-ring (bicyclic) bond motifs is 1. The Balaban J connectivity index is 1.51. The third-order valence-electron chi connectivity index (χ3n) is 4.77. The molecule has 0 bridgehead atoms. The minimum Gasteiger partial charge on any atom is -0.338 e. The molecule has 2 aromatic heterocycles. The van der Waals surface area contributed by atoms with Crippen LogP contribution in [-0.2, 0) is 17.8 Å². The van der Waals surface area contributed by atoms with Crippen LogP contribution in [0.5, 0.6) is 0 Å². The first-order chi connectivity index (χ1) is 11.8. The largest absolute Gasteiger partial charge is 0.338 e. The van der Waals surface area contributed by atoms with E-state index in [1.165, 1.54) is 6.42 Å². The fraction of sp³-hybridized carbons (Fsp3) is 0.389. The molecule has 0 radical (unpaired) electrons. The van der Waals surface area contributed by atoms with Gasteiger partial charge in [0.05, 0.1) is 30.2 Å². The van der Waals surface area contributed by atoms with Crippen molar-refractivity contribution in [1.29, 1.82) is 0 Å². The number of carbonyl (C=O) groups is 1. The summed E-state index contributed by atoms with van der Waals surface area (Å²) in [5, 5.41) is 12.6. The predicted molar refractivity (Wildman–Crippen MR) is 91.4 cm³/mol. The molecular weight excluding hydrogens is 302 g/mol. The van der Waals surface area contributed by atoms with Gasteiger partial charge in [-0.15, -0.1) is 0 Å². The van der Waals surface area contributed by atoms with Crippen LogP contribution in [-0.4, -0.2) is 43.4 Å². The summed E-state index contributed by atoms with van der Waals surface area (Å²) in [5.41, 5.74) is 1.81. The van der Waals surface area contributed by atoms with Crippen LogP contribution in [0.3, 0.4) is 0 Å². The van der Waals surface area contributed by atoms with E-state index in [2.05, 4.69) is 15.3 Å². The Morgan fingerprint density at radius 2 is 2.17 bits per heavy atom. The molecule has 0 aliphatic carbocycles. The van der Waals surface area contributed by atoms with E-state index in [0.29, 0.717) is 6.42 Å². The molecule has 1 fully saturated rings. The summed E-state index contributed by atoms with van der Waals surface area (Å²) < 4.78 is 1.92. The number of H-pyrrole nitrogens is 1. The Morgan fingerprint density at radius 3 is 3.04 bits per heavy atom. The third kappa shape index (κ3) is 2.91. The number of aromatic nitrogens is 4. The molecule has 3 heterocycles. The average Bonchev–Trinajstić information content (AvgIpc) is 3.26. The highest BCUT2D eigenvalue weighted by Crippen LogP contribution is 2.21. The van der Waals surface area contributed by atoms with Crippen molar-refractivity contribution in [3.8, 4) is 0 Å². The molecular formula is C18H21N5O. The first kappa shape index (κ1) is 14.9. The van der Waals surface area contributed by atoms with Gasteiger partial charge in [0.15, 0.2) is 0 Å². The number of rotatable bonds is 4. The molecule has 1 aliphatic heterocycles. The number of nitrogens with one attached hydrogen (secondary N) is 1. The molecule has 6 heteroatoms. The van der Waals surface area contributed by atoms with Crippen LogP contribution in [0.1, 0.15) is 25.0 Å². The second-order valence-corrected chi connectivity index (χ2v) is 6.36. The van der Waals surface area contributed by atoms with Crippen LogP contribution >= 0.6 is 0 Å². The zero-order valence-corrected chi connectivity index (χ0v) is 13.6. The van der Waals surface area contributed by atoms with Gasteiger partial charge >= 0.3 is 0 Å². The average molecular weight is 323 g/mol. The van der Waals surface area contributed by atoms with Gasteiger partial charge in [0.2, 0.25) is 5.91 Å². The molecule has 1 aliphatic rings. The Labute approximate surface area is 140 Å². The van der Waals surface area contributed by atoms with Crippen molar-refractivity contribution in [3.63, 3.8) is 0 Å². The summed E-state index contributed by atoms with van der Waals surface area (Å²) in [6.45, 7) is 1.60. The van der Waals surface area contributed by atoms with Crippen LogP contribution in [0.15, 0.2) is 42.7 Å². The predicted octanol–water partition coefficient (Wildman–Crippen LogP) is 2.38. The number of carbonyl (C=O) groups excluding carboxylic acids is 1. The van der Waals surface area contributed by atoms with Gasteiger partial charge in [0, 0.05) is 24.3 Å². The highest BCUT2D eigenvalue weighted by molar-refractivity contribution is 5.87. The number of aromatic amines is 1. The molecule has 1 atom stereocenters. The number of nitrogens with zero attached hydrogens (tertiary/aromatic N) is 4. The van der Waals surface area contributed by atoms with E-state index < -0.39 is 0 Å². The van der Waals surface area contributed by atoms with Gasteiger partial charge in [-0.05, 0) is 31.4 Å². The maximum absolute atomic E-state index is 12.9. The lowest BCUT2D eigenvalue weighted by Gasteiger charge is -2.35. The first-order valence-electron chi connectivity index (χ1n) is 8.50. The summed E-state index contributed by atoms with van der Waals surface area (Å²) in [5.74, 6) is 0.168. The van der Waals surface area contributed by atoms with E-state index in [-0.39, 0.29) is 11.9 Å². The van der Waals surface area contributed by atoms with Crippen molar-refractivity contribution in [2.24, 2.45) is 0 Å². The number of piperidine rings is 1. The van der Waals surface area contributed by atoms with Crippen molar-refractivity contribution >= 4 is 16.8 Å². The lowest BCUT2D eigenvalue weighted by molar-refractivity contribution is -0.134.